The van der Waals surface area contributed by atoms with Crippen LogP contribution >= 0.6 is 0 Å². The van der Waals surface area contributed by atoms with Crippen molar-refractivity contribution >= 4 is 0 Å². The number of nitrogens with zero attached hydrogens (tertiary/aromatic N) is 1. The van der Waals surface area contributed by atoms with E-state index in [1.807, 2.05) is 13.8 Å². The number of aromatic nitrogens is 1. The maximum Gasteiger partial charge on any atom is 0.138 e. The van der Waals surface area contributed by atoms with Gasteiger partial charge in [-0.1, -0.05) is 0 Å². The number of ether oxygens (including phenoxy) is 1. The number of aliphatic hydroxyl groups excluding tert-OH is 1. The molecule has 21 heavy (non-hydrogen) atoms. The van der Waals surface area contributed by atoms with Gasteiger partial charge in [0, 0.05) is 23.4 Å². The normalized spacial score (nSPS) is 12.5. The number of halogens is 2. The molecule has 0 aliphatic heterocycles. The zero-order valence-corrected chi connectivity index (χ0v) is 12.1. The molecule has 2 rings (SSSR count). The summed E-state index contributed by atoms with van der Waals surface area (Å²) in [6, 6.07) is 3.66. The van der Waals surface area contributed by atoms with Crippen molar-refractivity contribution < 1.29 is 18.6 Å². The first-order chi connectivity index (χ1) is 9.88. The highest BCUT2D eigenvalue weighted by molar-refractivity contribution is 5.35. The van der Waals surface area contributed by atoms with Gasteiger partial charge in [0.2, 0.25) is 0 Å². The Kier molecular flexibility index (Phi) is 4.53. The second-order valence-electron chi connectivity index (χ2n) is 5.15. The van der Waals surface area contributed by atoms with Crippen LogP contribution in [0, 0.1) is 18.6 Å². The fourth-order valence-corrected chi connectivity index (χ4v) is 1.99. The fourth-order valence-electron chi connectivity index (χ4n) is 1.99. The number of pyridine rings is 1. The SMILES string of the molecule is Cc1cc(C(O)c2cncc(OC(C)C)c2)c(F)cc1F. The smallest absolute Gasteiger partial charge is 0.138 e. The Morgan fingerprint density at radius 1 is 1.10 bits per heavy atom. The van der Waals surface area contributed by atoms with E-state index < -0.39 is 17.7 Å². The van der Waals surface area contributed by atoms with E-state index in [2.05, 4.69) is 4.98 Å². The molecule has 1 aromatic heterocycles. The summed E-state index contributed by atoms with van der Waals surface area (Å²) in [6.45, 7) is 5.25. The minimum Gasteiger partial charge on any atom is -0.489 e. The van der Waals surface area contributed by atoms with E-state index in [1.165, 1.54) is 25.4 Å². The van der Waals surface area contributed by atoms with Crippen LogP contribution in [0.15, 0.2) is 30.6 Å². The quantitative estimate of drug-likeness (QED) is 0.937. The molecule has 0 amide bonds. The van der Waals surface area contributed by atoms with Crippen molar-refractivity contribution in [3.05, 3.63) is 58.9 Å². The molecule has 3 nitrogen and oxygen atoms in total. The Labute approximate surface area is 122 Å². The van der Waals surface area contributed by atoms with Crippen LogP contribution in [-0.4, -0.2) is 16.2 Å². The van der Waals surface area contributed by atoms with Crippen molar-refractivity contribution in [3.8, 4) is 5.75 Å². The minimum atomic E-state index is -1.23. The molecule has 5 heteroatoms. The summed E-state index contributed by atoms with van der Waals surface area (Å²) in [7, 11) is 0. The highest BCUT2D eigenvalue weighted by Crippen LogP contribution is 2.28. The van der Waals surface area contributed by atoms with Crippen molar-refractivity contribution in [1.82, 2.24) is 4.98 Å². The van der Waals surface area contributed by atoms with Gasteiger partial charge in [-0.15, -0.1) is 0 Å². The predicted molar refractivity (Wildman–Crippen MR) is 75.2 cm³/mol. The average Bonchev–Trinajstić information content (AvgIpc) is 2.41. The largest absolute Gasteiger partial charge is 0.489 e. The Morgan fingerprint density at radius 2 is 1.81 bits per heavy atom. The molecule has 112 valence electrons. The minimum absolute atomic E-state index is 0.0115. The standard InChI is InChI=1S/C16H17F2NO2/c1-9(2)21-12-5-11(7-19-8-12)16(20)13-4-10(3)14(17)6-15(13)18/h4-9,16,20H,1-3H3. The first kappa shape index (κ1) is 15.4. The van der Waals surface area contributed by atoms with E-state index in [0.29, 0.717) is 11.3 Å². The summed E-state index contributed by atoms with van der Waals surface area (Å²) in [4.78, 5) is 3.97. The molecule has 0 aliphatic carbocycles. The van der Waals surface area contributed by atoms with E-state index in [0.717, 1.165) is 6.07 Å². The van der Waals surface area contributed by atoms with Gasteiger partial charge < -0.3 is 9.84 Å². The molecule has 0 saturated heterocycles. The van der Waals surface area contributed by atoms with Gasteiger partial charge in [0.05, 0.1) is 12.3 Å². The molecule has 0 saturated carbocycles. The summed E-state index contributed by atoms with van der Waals surface area (Å²) in [5, 5.41) is 10.3. The van der Waals surface area contributed by atoms with Gasteiger partial charge in [-0.3, -0.25) is 4.98 Å². The molecule has 0 aliphatic rings. The molecule has 0 fully saturated rings. The zero-order chi connectivity index (χ0) is 15.6. The fraction of sp³-hybridized carbons (Fsp3) is 0.312. The summed E-state index contributed by atoms with van der Waals surface area (Å²) >= 11 is 0. The van der Waals surface area contributed by atoms with Crippen LogP contribution in [0.4, 0.5) is 8.78 Å². The van der Waals surface area contributed by atoms with Gasteiger partial charge in [0.1, 0.15) is 23.5 Å². The van der Waals surface area contributed by atoms with E-state index >= 15 is 0 Å². The number of hydrogen-bond donors (Lipinski definition) is 1. The lowest BCUT2D eigenvalue weighted by molar-refractivity contribution is 0.210. The Balaban J connectivity index is 2.36. The van der Waals surface area contributed by atoms with E-state index in [-0.39, 0.29) is 17.2 Å². The second-order valence-corrected chi connectivity index (χ2v) is 5.15. The van der Waals surface area contributed by atoms with Crippen LogP contribution in [0.1, 0.15) is 36.6 Å². The third-order valence-electron chi connectivity index (χ3n) is 2.99. The van der Waals surface area contributed by atoms with Crippen LogP contribution in [0.25, 0.3) is 0 Å². The average molecular weight is 293 g/mol. The number of rotatable bonds is 4. The lowest BCUT2D eigenvalue weighted by Crippen LogP contribution is -2.08. The molecule has 1 atom stereocenters. The lowest BCUT2D eigenvalue weighted by atomic mass is 10.0. The van der Waals surface area contributed by atoms with Crippen molar-refractivity contribution in [2.75, 3.05) is 0 Å². The van der Waals surface area contributed by atoms with E-state index in [1.54, 1.807) is 6.07 Å². The van der Waals surface area contributed by atoms with E-state index in [4.69, 9.17) is 4.74 Å². The maximum absolute atomic E-state index is 13.8. The number of aryl methyl sites for hydroxylation is 1. The molecule has 1 N–H and O–H groups in total. The van der Waals surface area contributed by atoms with Crippen molar-refractivity contribution in [2.45, 2.75) is 33.0 Å². The monoisotopic (exact) mass is 293 g/mol. The van der Waals surface area contributed by atoms with Gasteiger partial charge in [0.15, 0.2) is 0 Å². The van der Waals surface area contributed by atoms with Crippen LogP contribution < -0.4 is 4.74 Å². The van der Waals surface area contributed by atoms with Crippen LogP contribution in [0.5, 0.6) is 5.75 Å². The van der Waals surface area contributed by atoms with Crippen molar-refractivity contribution in [2.24, 2.45) is 0 Å². The number of aliphatic hydroxyl groups is 1. The number of hydrogen-bond acceptors (Lipinski definition) is 3. The van der Waals surface area contributed by atoms with Gasteiger partial charge in [-0.2, -0.15) is 0 Å². The third-order valence-corrected chi connectivity index (χ3v) is 2.99. The summed E-state index contributed by atoms with van der Waals surface area (Å²) < 4.78 is 32.6. The zero-order valence-electron chi connectivity index (χ0n) is 12.1. The van der Waals surface area contributed by atoms with Crippen LogP contribution in [-0.2, 0) is 0 Å². The second kappa shape index (κ2) is 6.18. The topological polar surface area (TPSA) is 42.4 Å². The number of benzene rings is 1. The van der Waals surface area contributed by atoms with Crippen molar-refractivity contribution in [1.29, 1.82) is 0 Å². The van der Waals surface area contributed by atoms with Crippen LogP contribution in [0.3, 0.4) is 0 Å². The Hall–Kier alpha value is -2.01. The van der Waals surface area contributed by atoms with Gasteiger partial charge >= 0.3 is 0 Å². The molecule has 2 aromatic rings. The molecule has 0 bridgehead atoms. The van der Waals surface area contributed by atoms with Crippen molar-refractivity contribution in [3.63, 3.8) is 0 Å². The molecule has 0 spiro atoms. The Bertz CT molecular complexity index is 644. The highest BCUT2D eigenvalue weighted by atomic mass is 19.1. The first-order valence-corrected chi connectivity index (χ1v) is 6.63. The molecular formula is C16H17F2NO2. The predicted octanol–water partition coefficient (Wildman–Crippen LogP) is 3.54. The highest BCUT2D eigenvalue weighted by Gasteiger charge is 2.18. The molecule has 1 aromatic carbocycles. The van der Waals surface area contributed by atoms with E-state index in [9.17, 15) is 13.9 Å². The van der Waals surface area contributed by atoms with Gasteiger partial charge in [0.25, 0.3) is 0 Å². The lowest BCUT2D eigenvalue weighted by Gasteiger charge is -2.15. The Morgan fingerprint density at radius 3 is 2.48 bits per heavy atom. The third kappa shape index (κ3) is 3.55. The van der Waals surface area contributed by atoms with Gasteiger partial charge in [-0.05, 0) is 38.5 Å². The summed E-state index contributed by atoms with van der Waals surface area (Å²) in [5.74, 6) is -0.944. The molecular weight excluding hydrogens is 276 g/mol. The first-order valence-electron chi connectivity index (χ1n) is 6.63. The maximum atomic E-state index is 13.8. The molecule has 1 unspecified atom stereocenters. The van der Waals surface area contributed by atoms with Crippen LogP contribution in [0.2, 0.25) is 0 Å². The summed E-state index contributed by atoms with van der Waals surface area (Å²) in [6.07, 6.45) is 1.68. The molecule has 1 heterocycles. The molecule has 0 radical (unpaired) electrons. The van der Waals surface area contributed by atoms with Gasteiger partial charge in [-0.25, -0.2) is 8.78 Å². The summed E-state index contributed by atoms with van der Waals surface area (Å²) in [5.41, 5.74) is 0.670.